The van der Waals surface area contributed by atoms with Gasteiger partial charge in [0.05, 0.1) is 13.2 Å². The Morgan fingerprint density at radius 2 is 1.32 bits per heavy atom. The molecule has 0 aromatic carbocycles. The molecular weight excluding hydrogens is 413 g/mol. The van der Waals surface area contributed by atoms with Gasteiger partial charge in [0.25, 0.3) is 0 Å². The molecule has 0 aliphatic heterocycles. The molecule has 0 aliphatic rings. The fraction of sp³-hybridized carbons (Fsp3) is 0.958. The molecule has 0 aromatic rings. The molecule has 0 rings (SSSR count). The Labute approximate surface area is 193 Å². The predicted octanol–water partition coefficient (Wildman–Crippen LogP) is 6.65. The van der Waals surface area contributed by atoms with E-state index in [0.717, 1.165) is 19.3 Å². The first-order valence-corrected chi connectivity index (χ1v) is 13.8. The Kier molecular flexibility index (Phi) is 24.2. The van der Waals surface area contributed by atoms with Gasteiger partial charge in [0.2, 0.25) is 0 Å². The zero-order chi connectivity index (χ0) is 23.0. The molecule has 0 spiro atoms. The van der Waals surface area contributed by atoms with Crippen molar-refractivity contribution in [3.05, 3.63) is 0 Å². The van der Waals surface area contributed by atoms with E-state index in [0.29, 0.717) is 13.2 Å². The van der Waals surface area contributed by atoms with Gasteiger partial charge in [-0.25, -0.2) is 0 Å². The lowest BCUT2D eigenvalue weighted by atomic mass is 10.0. The van der Waals surface area contributed by atoms with Gasteiger partial charge in [-0.15, -0.1) is 0 Å². The molecule has 2 atom stereocenters. The molecule has 0 radical (unpaired) electrons. The van der Waals surface area contributed by atoms with Crippen LogP contribution in [0.15, 0.2) is 0 Å². The fourth-order valence-corrected chi connectivity index (χ4v) is 4.18. The summed E-state index contributed by atoms with van der Waals surface area (Å²) in [7, 11) is -0.102. The lowest BCUT2D eigenvalue weighted by Crippen LogP contribution is -2.22. The summed E-state index contributed by atoms with van der Waals surface area (Å²) in [6.07, 6.45) is 20.4. The lowest BCUT2D eigenvalue weighted by molar-refractivity contribution is -0.148. The molecule has 0 heterocycles. The number of nitrogens with one attached hydrogen (secondary N) is 1. The van der Waals surface area contributed by atoms with E-state index in [4.69, 9.17) is 13.8 Å². The van der Waals surface area contributed by atoms with Crippen LogP contribution in [0.1, 0.15) is 117 Å². The predicted molar refractivity (Wildman–Crippen MR) is 130 cm³/mol. The molecule has 6 nitrogen and oxygen atoms in total. The van der Waals surface area contributed by atoms with Crippen LogP contribution < -0.4 is 5.32 Å². The average Bonchev–Trinajstić information content (AvgIpc) is 2.74. The topological polar surface area (TPSA) is 77.0 Å². The summed E-state index contributed by atoms with van der Waals surface area (Å²) in [4.78, 5) is 21.0. The third-order valence-electron chi connectivity index (χ3n) is 5.39. The molecule has 2 unspecified atom stereocenters. The number of rotatable bonds is 24. The third-order valence-corrected chi connectivity index (χ3v) is 6.16. The molecule has 186 valence electrons. The van der Waals surface area contributed by atoms with E-state index in [9.17, 15) is 9.69 Å². The number of esters is 1. The fourth-order valence-electron chi connectivity index (χ4n) is 3.56. The van der Waals surface area contributed by atoms with E-state index in [2.05, 4.69) is 12.2 Å². The largest absolute Gasteiger partial charge is 0.460 e. The second kappa shape index (κ2) is 24.4. The molecule has 7 heteroatoms. The maximum absolute atomic E-state index is 11.3. The lowest BCUT2D eigenvalue weighted by Gasteiger charge is -2.18. The standard InChI is InChI=1S/C24H50NO5P/c1-4-5-6-7-8-9-10-11-12-13-14-15-16-17-18-19-24(30-23(2)26)22-29-31(27)28-21-20-25-3/h24-25,27H,4-22H2,1-3H3. The molecule has 31 heavy (non-hydrogen) atoms. The van der Waals surface area contributed by atoms with Crippen LogP contribution in [-0.2, 0) is 18.6 Å². The summed E-state index contributed by atoms with van der Waals surface area (Å²) in [5.41, 5.74) is 0. The molecule has 0 saturated carbocycles. The minimum absolute atomic E-state index is 0.180. The van der Waals surface area contributed by atoms with Crippen LogP contribution in [0.4, 0.5) is 0 Å². The Balaban J connectivity index is 3.56. The van der Waals surface area contributed by atoms with Gasteiger partial charge in [-0.05, 0) is 19.9 Å². The highest BCUT2D eigenvalue weighted by atomic mass is 31.2. The number of hydrogen-bond donors (Lipinski definition) is 2. The Bertz CT molecular complexity index is 387. The van der Waals surface area contributed by atoms with E-state index >= 15 is 0 Å². The Hall–Kier alpha value is -0.260. The van der Waals surface area contributed by atoms with Crippen molar-refractivity contribution >= 4 is 14.6 Å². The van der Waals surface area contributed by atoms with Gasteiger partial charge < -0.3 is 24.0 Å². The van der Waals surface area contributed by atoms with Crippen LogP contribution in [0.3, 0.4) is 0 Å². The van der Waals surface area contributed by atoms with Gasteiger partial charge in [-0.2, -0.15) is 0 Å². The van der Waals surface area contributed by atoms with Gasteiger partial charge in [0.15, 0.2) is 0 Å². The monoisotopic (exact) mass is 463 g/mol. The molecular formula is C24H50NO5P. The quantitative estimate of drug-likeness (QED) is 0.0948. The number of carbonyl (C=O) groups excluding carboxylic acids is 1. The summed E-state index contributed by atoms with van der Waals surface area (Å²) in [6, 6.07) is 0. The van der Waals surface area contributed by atoms with Crippen LogP contribution in [0.25, 0.3) is 0 Å². The molecule has 0 bridgehead atoms. The Morgan fingerprint density at radius 3 is 1.77 bits per heavy atom. The normalized spacial score (nSPS) is 13.3. The first-order chi connectivity index (χ1) is 15.1. The zero-order valence-corrected chi connectivity index (χ0v) is 21.4. The number of unbranched alkanes of at least 4 members (excludes halogenated alkanes) is 14. The zero-order valence-electron chi connectivity index (χ0n) is 20.5. The molecule has 0 aromatic heterocycles. The molecule has 0 amide bonds. The van der Waals surface area contributed by atoms with Crippen molar-refractivity contribution in [2.45, 2.75) is 123 Å². The summed E-state index contributed by atoms with van der Waals surface area (Å²) in [6.45, 7) is 4.89. The highest BCUT2D eigenvalue weighted by Gasteiger charge is 2.16. The number of carbonyl (C=O) groups is 1. The van der Waals surface area contributed by atoms with Gasteiger partial charge in [-0.1, -0.05) is 96.8 Å². The van der Waals surface area contributed by atoms with E-state index in [1.165, 1.54) is 90.4 Å². The van der Waals surface area contributed by atoms with Gasteiger partial charge in [0.1, 0.15) is 6.10 Å². The summed E-state index contributed by atoms with van der Waals surface area (Å²) >= 11 is 0. The smallest absolute Gasteiger partial charge is 0.330 e. The summed E-state index contributed by atoms with van der Waals surface area (Å²) in [5.74, 6) is -0.312. The Morgan fingerprint density at radius 1 is 0.839 bits per heavy atom. The van der Waals surface area contributed by atoms with E-state index in [1.807, 2.05) is 7.05 Å². The second-order valence-corrected chi connectivity index (χ2v) is 9.43. The van der Waals surface area contributed by atoms with Crippen LogP contribution in [0.2, 0.25) is 0 Å². The summed E-state index contributed by atoms with van der Waals surface area (Å²) in [5, 5.41) is 2.93. The SMILES string of the molecule is CCCCCCCCCCCCCCCCCC(COP(O)OCCNC)OC(C)=O. The van der Waals surface area contributed by atoms with Crippen molar-refractivity contribution in [3.8, 4) is 0 Å². The maximum Gasteiger partial charge on any atom is 0.330 e. The van der Waals surface area contributed by atoms with Crippen molar-refractivity contribution in [2.75, 3.05) is 26.8 Å². The van der Waals surface area contributed by atoms with Crippen LogP contribution in [0.5, 0.6) is 0 Å². The highest BCUT2D eigenvalue weighted by molar-refractivity contribution is 7.40. The third kappa shape index (κ3) is 24.2. The van der Waals surface area contributed by atoms with Gasteiger partial charge in [-0.3, -0.25) is 4.79 Å². The van der Waals surface area contributed by atoms with Crippen molar-refractivity contribution in [3.63, 3.8) is 0 Å². The molecule has 0 saturated heterocycles. The van der Waals surface area contributed by atoms with Crippen LogP contribution in [0, 0.1) is 0 Å². The van der Waals surface area contributed by atoms with Crippen molar-refractivity contribution in [1.82, 2.24) is 5.32 Å². The number of ether oxygens (including phenoxy) is 1. The van der Waals surface area contributed by atoms with Crippen LogP contribution in [-0.4, -0.2) is 43.8 Å². The van der Waals surface area contributed by atoms with Crippen molar-refractivity contribution in [2.24, 2.45) is 0 Å². The minimum atomic E-state index is -1.92. The number of likely N-dealkylation sites (N-methyl/N-ethyl adjacent to an activating group) is 1. The van der Waals surface area contributed by atoms with Crippen LogP contribution >= 0.6 is 8.60 Å². The van der Waals surface area contributed by atoms with Crippen molar-refractivity contribution < 1.29 is 23.5 Å². The van der Waals surface area contributed by atoms with Gasteiger partial charge in [0, 0.05) is 13.5 Å². The van der Waals surface area contributed by atoms with Crippen molar-refractivity contribution in [1.29, 1.82) is 0 Å². The maximum atomic E-state index is 11.3. The second-order valence-electron chi connectivity index (χ2n) is 8.44. The highest BCUT2D eigenvalue weighted by Crippen LogP contribution is 2.33. The van der Waals surface area contributed by atoms with E-state index in [1.54, 1.807) is 0 Å². The molecule has 0 fully saturated rings. The van der Waals surface area contributed by atoms with Gasteiger partial charge >= 0.3 is 14.6 Å². The first-order valence-electron chi connectivity index (χ1n) is 12.7. The molecule has 2 N–H and O–H groups in total. The minimum Gasteiger partial charge on any atom is -0.460 e. The van der Waals surface area contributed by atoms with E-state index < -0.39 is 8.60 Å². The molecule has 0 aliphatic carbocycles. The first kappa shape index (κ1) is 30.7. The van der Waals surface area contributed by atoms with E-state index in [-0.39, 0.29) is 18.7 Å². The summed E-state index contributed by atoms with van der Waals surface area (Å²) < 4.78 is 15.8. The average molecular weight is 464 g/mol. The number of hydrogen-bond acceptors (Lipinski definition) is 6.